The molecule has 0 aliphatic carbocycles. The third-order valence-corrected chi connectivity index (χ3v) is 5.16. The first-order chi connectivity index (χ1) is 13.0. The highest BCUT2D eigenvalue weighted by Crippen LogP contribution is 2.31. The Morgan fingerprint density at radius 3 is 2.70 bits per heavy atom. The van der Waals surface area contributed by atoms with Gasteiger partial charge in [0, 0.05) is 18.2 Å². The number of nitrogens with zero attached hydrogens (tertiary/aromatic N) is 1. The molecule has 0 saturated carbocycles. The molecule has 8 heteroatoms. The van der Waals surface area contributed by atoms with Crippen molar-refractivity contribution in [2.24, 2.45) is 0 Å². The highest BCUT2D eigenvalue weighted by molar-refractivity contribution is 8.01. The molecule has 2 aromatic carbocycles. The molecule has 0 bridgehead atoms. The first kappa shape index (κ1) is 18.9. The van der Waals surface area contributed by atoms with E-state index >= 15 is 0 Å². The van der Waals surface area contributed by atoms with Gasteiger partial charge in [0.05, 0.1) is 23.8 Å². The third-order valence-electron chi connectivity index (χ3n) is 3.96. The summed E-state index contributed by atoms with van der Waals surface area (Å²) in [4.78, 5) is 38.0. The summed E-state index contributed by atoms with van der Waals surface area (Å²) in [5, 5.41) is 2.00. The largest absolute Gasteiger partial charge is 0.497 e. The fourth-order valence-corrected chi connectivity index (χ4v) is 3.59. The standard InChI is InChI=1S/C19H17FN2O4S/c1-26-15-4-2-3-14(9-15)22-18(24)10-16(19(22)25)27-11-17(23)21-13-7-5-12(20)6-8-13/h2-9,16H,10-11H2,1H3,(H,21,23)/t16-/m0/s1. The van der Waals surface area contributed by atoms with Gasteiger partial charge in [-0.25, -0.2) is 9.29 Å². The molecule has 0 radical (unpaired) electrons. The first-order valence-electron chi connectivity index (χ1n) is 8.16. The number of carbonyl (C=O) groups excluding carboxylic acids is 3. The lowest BCUT2D eigenvalue weighted by Gasteiger charge is -2.15. The van der Waals surface area contributed by atoms with Crippen LogP contribution in [0, 0.1) is 5.82 Å². The van der Waals surface area contributed by atoms with Gasteiger partial charge >= 0.3 is 0 Å². The van der Waals surface area contributed by atoms with Crippen molar-refractivity contribution in [3.8, 4) is 5.75 Å². The van der Waals surface area contributed by atoms with Crippen molar-refractivity contribution in [2.75, 3.05) is 23.1 Å². The SMILES string of the molecule is COc1cccc(N2C(=O)C[C@H](SCC(=O)Nc3ccc(F)cc3)C2=O)c1. The maximum absolute atomic E-state index is 12.9. The van der Waals surface area contributed by atoms with Crippen molar-refractivity contribution in [2.45, 2.75) is 11.7 Å². The van der Waals surface area contributed by atoms with Crippen molar-refractivity contribution >= 4 is 40.9 Å². The average molecular weight is 388 g/mol. The van der Waals surface area contributed by atoms with Gasteiger partial charge in [0.15, 0.2) is 0 Å². The molecule has 0 unspecified atom stereocenters. The fraction of sp³-hybridized carbons (Fsp3) is 0.211. The number of amides is 3. The van der Waals surface area contributed by atoms with Crippen molar-refractivity contribution in [1.82, 2.24) is 0 Å². The molecule has 0 aromatic heterocycles. The minimum Gasteiger partial charge on any atom is -0.497 e. The molecule has 1 fully saturated rings. The van der Waals surface area contributed by atoms with E-state index in [1.54, 1.807) is 24.3 Å². The van der Waals surface area contributed by atoms with Crippen LogP contribution in [-0.4, -0.2) is 35.8 Å². The summed E-state index contributed by atoms with van der Waals surface area (Å²) in [6, 6.07) is 12.1. The highest BCUT2D eigenvalue weighted by Gasteiger charge is 2.40. The number of imide groups is 1. The van der Waals surface area contributed by atoms with Crippen LogP contribution in [0.1, 0.15) is 6.42 Å². The van der Waals surface area contributed by atoms with Crippen LogP contribution < -0.4 is 15.0 Å². The lowest BCUT2D eigenvalue weighted by molar-refractivity contribution is -0.121. The molecule has 2 aromatic rings. The summed E-state index contributed by atoms with van der Waals surface area (Å²) >= 11 is 1.11. The van der Waals surface area contributed by atoms with E-state index in [1.165, 1.54) is 31.4 Å². The van der Waals surface area contributed by atoms with E-state index in [4.69, 9.17) is 4.74 Å². The summed E-state index contributed by atoms with van der Waals surface area (Å²) in [5.74, 6) is -0.838. The predicted octanol–water partition coefficient (Wildman–Crippen LogP) is 2.84. The molecular weight excluding hydrogens is 371 g/mol. The molecule has 3 rings (SSSR count). The second-order valence-electron chi connectivity index (χ2n) is 5.83. The molecule has 1 atom stereocenters. The Balaban J connectivity index is 1.59. The van der Waals surface area contributed by atoms with Crippen LogP contribution in [0.2, 0.25) is 0 Å². The van der Waals surface area contributed by atoms with Gasteiger partial charge in [0.1, 0.15) is 11.6 Å². The lowest BCUT2D eigenvalue weighted by Crippen LogP contribution is -2.31. The monoisotopic (exact) mass is 388 g/mol. The first-order valence-corrected chi connectivity index (χ1v) is 9.20. The topological polar surface area (TPSA) is 75.7 Å². The van der Waals surface area contributed by atoms with Crippen LogP contribution in [-0.2, 0) is 14.4 Å². The summed E-state index contributed by atoms with van der Waals surface area (Å²) in [6.45, 7) is 0. The maximum Gasteiger partial charge on any atom is 0.247 e. The Morgan fingerprint density at radius 1 is 1.26 bits per heavy atom. The normalized spacial score (nSPS) is 16.5. The number of halogens is 1. The lowest BCUT2D eigenvalue weighted by atomic mass is 10.3. The second-order valence-corrected chi connectivity index (χ2v) is 7.02. The molecule has 27 heavy (non-hydrogen) atoms. The summed E-state index contributed by atoms with van der Waals surface area (Å²) in [7, 11) is 1.51. The number of hydrogen-bond donors (Lipinski definition) is 1. The van der Waals surface area contributed by atoms with Gasteiger partial charge in [-0.15, -0.1) is 11.8 Å². The number of ether oxygens (including phenoxy) is 1. The van der Waals surface area contributed by atoms with Crippen LogP contribution in [0.25, 0.3) is 0 Å². The number of methoxy groups -OCH3 is 1. The van der Waals surface area contributed by atoms with Gasteiger partial charge in [0.25, 0.3) is 0 Å². The fourth-order valence-electron chi connectivity index (χ4n) is 2.66. The average Bonchev–Trinajstić information content (AvgIpc) is 2.95. The van der Waals surface area contributed by atoms with E-state index in [0.29, 0.717) is 17.1 Å². The van der Waals surface area contributed by atoms with Gasteiger partial charge in [-0.05, 0) is 36.4 Å². The number of rotatable bonds is 6. The van der Waals surface area contributed by atoms with Crippen LogP contribution in [0.15, 0.2) is 48.5 Å². The molecule has 1 N–H and O–H groups in total. The molecule has 3 amide bonds. The Labute approximate surface area is 159 Å². The van der Waals surface area contributed by atoms with Crippen LogP contribution in [0.4, 0.5) is 15.8 Å². The molecule has 0 spiro atoms. The number of hydrogen-bond acceptors (Lipinski definition) is 5. The Morgan fingerprint density at radius 2 is 2.00 bits per heavy atom. The number of carbonyl (C=O) groups is 3. The van der Waals surface area contributed by atoms with Crippen molar-refractivity contribution in [3.63, 3.8) is 0 Å². The van der Waals surface area contributed by atoms with E-state index in [1.807, 2.05) is 0 Å². The van der Waals surface area contributed by atoms with Crippen LogP contribution in [0.3, 0.4) is 0 Å². The Bertz CT molecular complexity index is 872. The Hall–Kier alpha value is -2.87. The minimum atomic E-state index is -0.623. The predicted molar refractivity (Wildman–Crippen MR) is 101 cm³/mol. The van der Waals surface area contributed by atoms with Gasteiger partial charge < -0.3 is 10.1 Å². The second kappa shape index (κ2) is 8.22. The summed E-state index contributed by atoms with van der Waals surface area (Å²) in [5.41, 5.74) is 0.914. The highest BCUT2D eigenvalue weighted by atomic mass is 32.2. The van der Waals surface area contributed by atoms with E-state index in [0.717, 1.165) is 16.7 Å². The maximum atomic E-state index is 12.9. The quantitative estimate of drug-likeness (QED) is 0.770. The van der Waals surface area contributed by atoms with Gasteiger partial charge in [-0.2, -0.15) is 0 Å². The molecule has 6 nitrogen and oxygen atoms in total. The molecule has 1 aliphatic rings. The number of thioether (sulfide) groups is 1. The molecule has 1 heterocycles. The zero-order chi connectivity index (χ0) is 19.4. The number of nitrogens with one attached hydrogen (secondary N) is 1. The number of anilines is 2. The molecular formula is C19H17FN2O4S. The summed E-state index contributed by atoms with van der Waals surface area (Å²) in [6.07, 6.45) is 0.0323. The van der Waals surface area contributed by atoms with Crippen LogP contribution >= 0.6 is 11.8 Å². The Kier molecular flexibility index (Phi) is 5.75. The zero-order valence-corrected chi connectivity index (χ0v) is 15.3. The van der Waals surface area contributed by atoms with Gasteiger partial charge in [-0.1, -0.05) is 6.07 Å². The zero-order valence-electron chi connectivity index (χ0n) is 14.5. The van der Waals surface area contributed by atoms with E-state index in [-0.39, 0.29) is 29.9 Å². The van der Waals surface area contributed by atoms with Gasteiger partial charge in [-0.3, -0.25) is 14.4 Å². The third kappa shape index (κ3) is 4.46. The van der Waals surface area contributed by atoms with Crippen molar-refractivity contribution in [3.05, 3.63) is 54.3 Å². The van der Waals surface area contributed by atoms with Crippen molar-refractivity contribution in [1.29, 1.82) is 0 Å². The van der Waals surface area contributed by atoms with E-state index in [9.17, 15) is 18.8 Å². The number of benzene rings is 2. The van der Waals surface area contributed by atoms with Crippen LogP contribution in [0.5, 0.6) is 5.75 Å². The summed E-state index contributed by atoms with van der Waals surface area (Å²) < 4.78 is 18.0. The molecule has 1 saturated heterocycles. The van der Waals surface area contributed by atoms with E-state index < -0.39 is 11.1 Å². The molecule has 1 aliphatic heterocycles. The van der Waals surface area contributed by atoms with Crippen molar-refractivity contribution < 1.29 is 23.5 Å². The van der Waals surface area contributed by atoms with E-state index in [2.05, 4.69) is 5.32 Å². The minimum absolute atomic E-state index is 0.00696. The van der Waals surface area contributed by atoms with Gasteiger partial charge in [0.2, 0.25) is 17.7 Å². The smallest absolute Gasteiger partial charge is 0.247 e. The molecule has 140 valence electrons.